The van der Waals surface area contributed by atoms with E-state index < -0.39 is 6.10 Å². The number of benzene rings is 1. The van der Waals surface area contributed by atoms with Crippen molar-refractivity contribution in [3.8, 4) is 0 Å². The Morgan fingerprint density at radius 2 is 2.15 bits per heavy atom. The van der Waals surface area contributed by atoms with E-state index in [9.17, 15) is 5.11 Å². The third-order valence-corrected chi connectivity index (χ3v) is 4.31. The van der Waals surface area contributed by atoms with Crippen molar-refractivity contribution in [1.29, 1.82) is 0 Å². The van der Waals surface area contributed by atoms with Gasteiger partial charge in [0, 0.05) is 23.5 Å². The van der Waals surface area contributed by atoms with Gasteiger partial charge in [0.05, 0.1) is 12.7 Å². The summed E-state index contributed by atoms with van der Waals surface area (Å²) in [5.41, 5.74) is 9.23. The van der Waals surface area contributed by atoms with E-state index in [1.165, 1.54) is 11.3 Å². The number of nitrogens with zero attached hydrogens (tertiary/aromatic N) is 1. The number of aliphatic hydroxyl groups is 2. The minimum atomic E-state index is -0.651. The van der Waals surface area contributed by atoms with Gasteiger partial charge in [-0.15, -0.1) is 0 Å². The van der Waals surface area contributed by atoms with Gasteiger partial charge in [-0.25, -0.2) is 0 Å². The van der Waals surface area contributed by atoms with Crippen LogP contribution in [0.3, 0.4) is 0 Å². The average Bonchev–Trinajstić information content (AvgIpc) is 2.38. The monoisotopic (exact) mass is 278 g/mol. The first kappa shape index (κ1) is 15.1. The number of anilines is 2. The van der Waals surface area contributed by atoms with E-state index in [1.54, 1.807) is 0 Å². The van der Waals surface area contributed by atoms with E-state index in [0.29, 0.717) is 12.3 Å². The Hall–Kier alpha value is -1.26. The number of rotatable bonds is 4. The highest BCUT2D eigenvalue weighted by molar-refractivity contribution is 5.64. The molecule has 0 bridgehead atoms. The molecule has 0 aromatic heterocycles. The van der Waals surface area contributed by atoms with Gasteiger partial charge in [0.15, 0.2) is 0 Å². The first-order chi connectivity index (χ1) is 9.35. The van der Waals surface area contributed by atoms with Gasteiger partial charge in [-0.3, -0.25) is 0 Å². The zero-order valence-corrected chi connectivity index (χ0v) is 12.6. The molecular weight excluding hydrogens is 252 g/mol. The van der Waals surface area contributed by atoms with Crippen LogP contribution in [0.25, 0.3) is 0 Å². The molecule has 0 amide bonds. The molecule has 1 aliphatic heterocycles. The predicted molar refractivity (Wildman–Crippen MR) is 83.0 cm³/mol. The number of hydrogen-bond acceptors (Lipinski definition) is 4. The molecule has 1 aliphatic rings. The summed E-state index contributed by atoms with van der Waals surface area (Å²) >= 11 is 0. The number of hydrogen-bond donors (Lipinski definition) is 3. The molecule has 112 valence electrons. The van der Waals surface area contributed by atoms with E-state index in [0.717, 1.165) is 18.7 Å². The summed E-state index contributed by atoms with van der Waals surface area (Å²) in [6, 6.07) is 6.07. The lowest BCUT2D eigenvalue weighted by Crippen LogP contribution is -2.49. The van der Waals surface area contributed by atoms with Crippen LogP contribution in [0, 0.1) is 0 Å². The molecule has 1 aromatic rings. The van der Waals surface area contributed by atoms with Crippen LogP contribution in [-0.4, -0.2) is 35.0 Å². The van der Waals surface area contributed by atoms with Gasteiger partial charge in [0.1, 0.15) is 0 Å². The minimum absolute atomic E-state index is 0.0394. The average molecular weight is 278 g/mol. The molecule has 1 heterocycles. The molecule has 0 spiro atoms. The van der Waals surface area contributed by atoms with Crippen LogP contribution < -0.4 is 10.6 Å². The summed E-state index contributed by atoms with van der Waals surface area (Å²) in [5.74, 6) is 0.475. The van der Waals surface area contributed by atoms with E-state index in [2.05, 4.69) is 37.8 Å². The van der Waals surface area contributed by atoms with Crippen molar-refractivity contribution in [2.75, 3.05) is 23.8 Å². The molecule has 0 fully saturated rings. The molecular formula is C16H26N2O2. The molecule has 4 heteroatoms. The van der Waals surface area contributed by atoms with Crippen LogP contribution in [0.1, 0.15) is 45.1 Å². The second-order valence-electron chi connectivity index (χ2n) is 6.51. The van der Waals surface area contributed by atoms with Crippen LogP contribution in [0.4, 0.5) is 11.4 Å². The smallest absolute Gasteiger partial charge is 0.0787 e. The van der Waals surface area contributed by atoms with Crippen molar-refractivity contribution in [1.82, 2.24) is 0 Å². The third kappa shape index (κ3) is 2.91. The molecule has 20 heavy (non-hydrogen) atoms. The number of nitrogen functional groups attached to an aromatic ring is 1. The molecule has 1 aromatic carbocycles. The fourth-order valence-corrected chi connectivity index (χ4v) is 3.30. The minimum Gasteiger partial charge on any atom is -0.399 e. The van der Waals surface area contributed by atoms with Crippen LogP contribution in [-0.2, 0) is 0 Å². The lowest BCUT2D eigenvalue weighted by atomic mass is 9.80. The normalized spacial score (nSPS) is 22.4. The Balaban J connectivity index is 2.31. The quantitative estimate of drug-likeness (QED) is 0.738. The SMILES string of the molecule is CC1CC(C)(C)N(CCC(O)CO)c2ccc(N)cc21. The van der Waals surface area contributed by atoms with Gasteiger partial charge in [-0.1, -0.05) is 6.92 Å². The van der Waals surface area contributed by atoms with Crippen molar-refractivity contribution in [2.45, 2.75) is 51.2 Å². The molecule has 2 rings (SSSR count). The Bertz CT molecular complexity index is 474. The van der Waals surface area contributed by atoms with Gasteiger partial charge in [0.25, 0.3) is 0 Å². The maximum absolute atomic E-state index is 9.61. The fraction of sp³-hybridized carbons (Fsp3) is 0.625. The third-order valence-electron chi connectivity index (χ3n) is 4.31. The molecule has 2 unspecified atom stereocenters. The van der Waals surface area contributed by atoms with Gasteiger partial charge >= 0.3 is 0 Å². The lowest BCUT2D eigenvalue weighted by molar-refractivity contribution is 0.0884. The molecule has 0 saturated carbocycles. The number of nitrogens with two attached hydrogens (primary N) is 1. The molecule has 2 atom stereocenters. The number of fused-ring (bicyclic) bond motifs is 1. The van der Waals surface area contributed by atoms with Gasteiger partial charge < -0.3 is 20.8 Å². The van der Waals surface area contributed by atoms with Crippen molar-refractivity contribution in [3.05, 3.63) is 23.8 Å². The zero-order chi connectivity index (χ0) is 14.9. The maximum Gasteiger partial charge on any atom is 0.0787 e. The molecule has 4 N–H and O–H groups in total. The van der Waals surface area contributed by atoms with Gasteiger partial charge in [0.2, 0.25) is 0 Å². The van der Waals surface area contributed by atoms with E-state index in [1.807, 2.05) is 6.07 Å². The van der Waals surface area contributed by atoms with Crippen molar-refractivity contribution in [3.63, 3.8) is 0 Å². The zero-order valence-electron chi connectivity index (χ0n) is 12.6. The Kier molecular flexibility index (Phi) is 4.25. The maximum atomic E-state index is 9.61. The standard InChI is InChI=1S/C16H26N2O2/c1-11-9-16(2,3)18(7-6-13(20)10-19)15-5-4-12(17)8-14(11)15/h4-5,8,11,13,19-20H,6-7,9-10,17H2,1-3H3. The van der Waals surface area contributed by atoms with Crippen LogP contribution in [0.5, 0.6) is 0 Å². The van der Waals surface area contributed by atoms with Crippen molar-refractivity contribution in [2.24, 2.45) is 0 Å². The molecule has 0 aliphatic carbocycles. The summed E-state index contributed by atoms with van der Waals surface area (Å²) in [5, 5.41) is 18.6. The van der Waals surface area contributed by atoms with E-state index in [4.69, 9.17) is 10.8 Å². The number of aliphatic hydroxyl groups excluding tert-OH is 2. The van der Waals surface area contributed by atoms with Gasteiger partial charge in [-0.2, -0.15) is 0 Å². The summed E-state index contributed by atoms with van der Waals surface area (Å²) in [6.45, 7) is 7.25. The highest BCUT2D eigenvalue weighted by Crippen LogP contribution is 2.43. The summed E-state index contributed by atoms with van der Waals surface area (Å²) < 4.78 is 0. The van der Waals surface area contributed by atoms with Crippen molar-refractivity contribution < 1.29 is 10.2 Å². The highest BCUT2D eigenvalue weighted by Gasteiger charge is 2.36. The predicted octanol–water partition coefficient (Wildman–Crippen LogP) is 2.10. The van der Waals surface area contributed by atoms with E-state index in [-0.39, 0.29) is 12.1 Å². The molecule has 4 nitrogen and oxygen atoms in total. The van der Waals surface area contributed by atoms with Crippen molar-refractivity contribution >= 4 is 11.4 Å². The fourth-order valence-electron chi connectivity index (χ4n) is 3.30. The summed E-state index contributed by atoms with van der Waals surface area (Å²) in [4.78, 5) is 2.33. The molecule has 0 saturated heterocycles. The first-order valence-electron chi connectivity index (χ1n) is 7.31. The highest BCUT2D eigenvalue weighted by atomic mass is 16.3. The Morgan fingerprint density at radius 1 is 1.45 bits per heavy atom. The second-order valence-corrected chi connectivity index (χ2v) is 6.51. The Labute approximate surface area is 121 Å². The van der Waals surface area contributed by atoms with E-state index >= 15 is 0 Å². The lowest BCUT2D eigenvalue weighted by Gasteiger charge is -2.48. The van der Waals surface area contributed by atoms with Gasteiger partial charge in [-0.05, 0) is 56.4 Å². The second kappa shape index (κ2) is 5.62. The topological polar surface area (TPSA) is 69.7 Å². The summed E-state index contributed by atoms with van der Waals surface area (Å²) in [6.07, 6.45) is 0.971. The first-order valence-corrected chi connectivity index (χ1v) is 7.31. The summed E-state index contributed by atoms with van der Waals surface area (Å²) in [7, 11) is 0. The largest absolute Gasteiger partial charge is 0.399 e. The molecule has 0 radical (unpaired) electrons. The van der Waals surface area contributed by atoms with Crippen LogP contribution in [0.2, 0.25) is 0 Å². The Morgan fingerprint density at radius 3 is 2.80 bits per heavy atom. The van der Waals surface area contributed by atoms with Crippen LogP contribution >= 0.6 is 0 Å². The van der Waals surface area contributed by atoms with Crippen LogP contribution in [0.15, 0.2) is 18.2 Å².